The van der Waals surface area contributed by atoms with Crippen LogP contribution in [0, 0.1) is 5.92 Å². The second-order valence-corrected chi connectivity index (χ2v) is 5.92. The first-order valence-electron chi connectivity index (χ1n) is 7.70. The molecule has 1 unspecified atom stereocenters. The second kappa shape index (κ2) is 6.65. The zero-order chi connectivity index (χ0) is 17.1. The minimum Gasteiger partial charge on any atom is -0.352 e. The molecule has 3 amide bonds. The van der Waals surface area contributed by atoms with E-state index in [1.165, 1.54) is 6.33 Å². The van der Waals surface area contributed by atoms with Crippen molar-refractivity contribution in [2.24, 2.45) is 5.92 Å². The number of amides is 3. The van der Waals surface area contributed by atoms with Crippen LogP contribution in [0.5, 0.6) is 0 Å². The topological polar surface area (TPSA) is 105 Å². The van der Waals surface area contributed by atoms with Crippen LogP contribution in [0.3, 0.4) is 0 Å². The van der Waals surface area contributed by atoms with Crippen LogP contribution in [0.4, 0.5) is 10.6 Å². The Morgan fingerprint density at radius 1 is 1.38 bits per heavy atom. The summed E-state index contributed by atoms with van der Waals surface area (Å²) in [5.74, 6) is 0.474. The van der Waals surface area contributed by atoms with E-state index in [2.05, 4.69) is 25.7 Å². The zero-order valence-electron chi connectivity index (χ0n) is 13.5. The third kappa shape index (κ3) is 3.34. The van der Waals surface area contributed by atoms with Crippen molar-refractivity contribution in [2.75, 3.05) is 18.4 Å². The summed E-state index contributed by atoms with van der Waals surface area (Å²) in [4.78, 5) is 33.6. The molecule has 3 heterocycles. The second-order valence-electron chi connectivity index (χ2n) is 5.92. The van der Waals surface area contributed by atoms with E-state index >= 15 is 0 Å². The highest BCUT2D eigenvalue weighted by Crippen LogP contribution is 2.16. The molecule has 2 aromatic heterocycles. The standard InChI is InChI=1S/C15H19N7O2/c1-10(2)12-7-18-14(23)8-21(12)15(24)19-13-3-4-22(20-13)11-5-16-9-17-6-11/h3-6,9-10,12H,7-8H2,1-2H3,(H,18,23)(H,19,20,24). The quantitative estimate of drug-likeness (QED) is 0.860. The Bertz CT molecular complexity index is 728. The predicted octanol–water partition coefficient (Wildman–Crippen LogP) is 0.651. The number of nitrogens with zero attached hydrogens (tertiary/aromatic N) is 5. The highest BCUT2D eigenvalue weighted by atomic mass is 16.2. The van der Waals surface area contributed by atoms with E-state index in [0.29, 0.717) is 18.1 Å². The first-order valence-corrected chi connectivity index (χ1v) is 7.70. The maximum atomic E-state index is 12.5. The monoisotopic (exact) mass is 329 g/mol. The fourth-order valence-corrected chi connectivity index (χ4v) is 2.60. The number of hydrogen-bond donors (Lipinski definition) is 2. The van der Waals surface area contributed by atoms with Crippen LogP contribution in [0.15, 0.2) is 31.0 Å². The molecular formula is C15H19N7O2. The third-order valence-electron chi connectivity index (χ3n) is 3.89. The van der Waals surface area contributed by atoms with Gasteiger partial charge in [-0.2, -0.15) is 0 Å². The van der Waals surface area contributed by atoms with Gasteiger partial charge in [-0.25, -0.2) is 19.4 Å². The average Bonchev–Trinajstić information content (AvgIpc) is 3.03. The van der Waals surface area contributed by atoms with Crippen LogP contribution < -0.4 is 10.6 Å². The van der Waals surface area contributed by atoms with Gasteiger partial charge in [-0.15, -0.1) is 5.10 Å². The molecule has 0 saturated carbocycles. The third-order valence-corrected chi connectivity index (χ3v) is 3.89. The van der Waals surface area contributed by atoms with Gasteiger partial charge in [0, 0.05) is 18.8 Å². The van der Waals surface area contributed by atoms with Crippen LogP contribution in [0.2, 0.25) is 0 Å². The molecule has 1 fully saturated rings. The summed E-state index contributed by atoms with van der Waals surface area (Å²) in [6.45, 7) is 4.54. The van der Waals surface area contributed by atoms with Crippen LogP contribution in [0.1, 0.15) is 13.8 Å². The van der Waals surface area contributed by atoms with E-state index < -0.39 is 0 Å². The minimum atomic E-state index is -0.335. The Morgan fingerprint density at radius 2 is 2.12 bits per heavy atom. The van der Waals surface area contributed by atoms with Crippen LogP contribution in [0.25, 0.3) is 5.69 Å². The van der Waals surface area contributed by atoms with Crippen molar-refractivity contribution in [2.45, 2.75) is 19.9 Å². The molecule has 1 aliphatic heterocycles. The predicted molar refractivity (Wildman–Crippen MR) is 86.5 cm³/mol. The van der Waals surface area contributed by atoms with Gasteiger partial charge >= 0.3 is 6.03 Å². The summed E-state index contributed by atoms with van der Waals surface area (Å²) in [6, 6.07) is 1.30. The van der Waals surface area contributed by atoms with E-state index in [-0.39, 0.29) is 30.4 Å². The number of carbonyl (C=O) groups excluding carboxylic acids is 2. The van der Waals surface area contributed by atoms with Gasteiger partial charge in [0.1, 0.15) is 18.6 Å². The van der Waals surface area contributed by atoms with Crippen LogP contribution >= 0.6 is 0 Å². The molecule has 3 rings (SSSR count). The summed E-state index contributed by atoms with van der Waals surface area (Å²) in [6.07, 6.45) is 6.38. The molecule has 1 saturated heterocycles. The fraction of sp³-hybridized carbons (Fsp3) is 0.400. The van der Waals surface area contributed by atoms with Gasteiger partial charge < -0.3 is 10.2 Å². The molecule has 0 aromatic carbocycles. The molecule has 0 bridgehead atoms. The van der Waals surface area contributed by atoms with Gasteiger partial charge in [-0.3, -0.25) is 10.1 Å². The summed E-state index contributed by atoms with van der Waals surface area (Å²) < 4.78 is 1.57. The van der Waals surface area contributed by atoms with E-state index in [4.69, 9.17) is 0 Å². The Hall–Kier alpha value is -2.97. The van der Waals surface area contributed by atoms with Crippen molar-refractivity contribution in [3.63, 3.8) is 0 Å². The fourth-order valence-electron chi connectivity index (χ4n) is 2.60. The largest absolute Gasteiger partial charge is 0.352 e. The first-order chi connectivity index (χ1) is 11.5. The number of urea groups is 1. The molecule has 0 spiro atoms. The van der Waals surface area contributed by atoms with Gasteiger partial charge in [-0.1, -0.05) is 13.8 Å². The number of aromatic nitrogens is 4. The molecule has 1 atom stereocenters. The number of nitrogens with one attached hydrogen (secondary N) is 2. The number of hydrogen-bond acceptors (Lipinski definition) is 5. The van der Waals surface area contributed by atoms with Gasteiger partial charge in [0.15, 0.2) is 5.82 Å². The number of carbonyl (C=O) groups is 2. The summed E-state index contributed by atoms with van der Waals surface area (Å²) in [7, 11) is 0. The molecule has 2 aromatic rings. The molecule has 126 valence electrons. The molecule has 0 radical (unpaired) electrons. The number of piperazine rings is 1. The smallest absolute Gasteiger partial charge is 0.323 e. The lowest BCUT2D eigenvalue weighted by Crippen LogP contribution is -2.59. The summed E-state index contributed by atoms with van der Waals surface area (Å²) in [5.41, 5.74) is 0.690. The maximum Gasteiger partial charge on any atom is 0.323 e. The average molecular weight is 329 g/mol. The summed E-state index contributed by atoms with van der Waals surface area (Å²) in [5, 5.41) is 9.82. The van der Waals surface area contributed by atoms with Gasteiger partial charge in [0.2, 0.25) is 5.91 Å². The first kappa shape index (κ1) is 15.9. The zero-order valence-corrected chi connectivity index (χ0v) is 13.5. The molecule has 2 N–H and O–H groups in total. The Kier molecular flexibility index (Phi) is 4.41. The van der Waals surface area contributed by atoms with Crippen molar-refractivity contribution in [3.8, 4) is 5.69 Å². The molecule has 24 heavy (non-hydrogen) atoms. The van der Waals surface area contributed by atoms with Crippen LogP contribution in [-0.4, -0.2) is 55.7 Å². The van der Waals surface area contributed by atoms with Crippen molar-refractivity contribution in [3.05, 3.63) is 31.0 Å². The van der Waals surface area contributed by atoms with Gasteiger partial charge in [0.05, 0.1) is 18.4 Å². The molecular weight excluding hydrogens is 310 g/mol. The Balaban J connectivity index is 1.72. The van der Waals surface area contributed by atoms with Crippen molar-refractivity contribution in [1.29, 1.82) is 0 Å². The molecule has 9 heteroatoms. The van der Waals surface area contributed by atoms with E-state index in [1.54, 1.807) is 34.2 Å². The van der Waals surface area contributed by atoms with Crippen molar-refractivity contribution >= 4 is 17.8 Å². The Labute approximate surface area is 139 Å². The lowest BCUT2D eigenvalue weighted by atomic mass is 10.0. The normalized spacial score (nSPS) is 17.7. The lowest BCUT2D eigenvalue weighted by molar-refractivity contribution is -0.124. The van der Waals surface area contributed by atoms with E-state index in [9.17, 15) is 9.59 Å². The van der Waals surface area contributed by atoms with Gasteiger partial charge in [0.25, 0.3) is 0 Å². The van der Waals surface area contributed by atoms with E-state index in [0.717, 1.165) is 0 Å². The number of anilines is 1. The van der Waals surface area contributed by atoms with Crippen molar-refractivity contribution < 1.29 is 9.59 Å². The minimum absolute atomic E-state index is 0.0436. The molecule has 9 nitrogen and oxygen atoms in total. The Morgan fingerprint density at radius 3 is 2.83 bits per heavy atom. The van der Waals surface area contributed by atoms with Gasteiger partial charge in [-0.05, 0) is 5.92 Å². The summed E-state index contributed by atoms with van der Waals surface area (Å²) >= 11 is 0. The molecule has 1 aliphatic rings. The van der Waals surface area contributed by atoms with Crippen molar-refractivity contribution in [1.82, 2.24) is 30.0 Å². The number of rotatable bonds is 3. The highest BCUT2D eigenvalue weighted by Gasteiger charge is 2.32. The van der Waals surface area contributed by atoms with E-state index in [1.807, 2.05) is 13.8 Å². The lowest BCUT2D eigenvalue weighted by Gasteiger charge is -2.37. The SMILES string of the molecule is CC(C)C1CNC(=O)CN1C(=O)Nc1ccn(-c2cncnc2)n1. The van der Waals surface area contributed by atoms with Crippen LogP contribution in [-0.2, 0) is 4.79 Å². The maximum absolute atomic E-state index is 12.5. The highest BCUT2D eigenvalue weighted by molar-refractivity contribution is 5.92. The molecule has 0 aliphatic carbocycles.